The number of nitrogens with one attached hydrogen (secondary N) is 1. The Kier molecular flexibility index (Phi) is 6.66. The molecule has 0 saturated heterocycles. The zero-order chi connectivity index (χ0) is 17.4. The highest BCUT2D eigenvalue weighted by atomic mass is 16.6. The quantitative estimate of drug-likeness (QED) is 0.340. The van der Waals surface area contributed by atoms with Gasteiger partial charge in [-0.25, -0.2) is 9.59 Å². The van der Waals surface area contributed by atoms with E-state index in [1.54, 1.807) is 0 Å². The van der Waals surface area contributed by atoms with E-state index in [9.17, 15) is 24.5 Å². The predicted molar refractivity (Wildman–Crippen MR) is 77.6 cm³/mol. The fourth-order valence-electron chi connectivity index (χ4n) is 1.70. The molecule has 0 bridgehead atoms. The molecule has 0 saturated carbocycles. The Balaban J connectivity index is 3.03. The first kappa shape index (κ1) is 18.1. The van der Waals surface area contributed by atoms with Gasteiger partial charge in [0, 0.05) is 6.07 Å². The summed E-state index contributed by atoms with van der Waals surface area (Å²) in [5, 5.41) is 13.0. The number of para-hydroxylation sites is 1. The number of rotatable bonds is 7. The van der Waals surface area contributed by atoms with Crippen LogP contribution in [0.3, 0.4) is 0 Å². The van der Waals surface area contributed by atoms with Gasteiger partial charge in [-0.1, -0.05) is 12.1 Å². The number of benzene rings is 1. The Morgan fingerprint density at radius 3 is 2.13 bits per heavy atom. The van der Waals surface area contributed by atoms with E-state index in [-0.39, 0.29) is 18.8 Å². The Hall–Kier alpha value is -2.97. The monoisotopic (exact) mass is 324 g/mol. The lowest BCUT2D eigenvalue weighted by Gasteiger charge is -2.15. The third-order valence-electron chi connectivity index (χ3n) is 2.67. The summed E-state index contributed by atoms with van der Waals surface area (Å²) in [7, 11) is 0. The molecular formula is C14H16N2O7. The van der Waals surface area contributed by atoms with Crippen LogP contribution in [0, 0.1) is 10.1 Å². The van der Waals surface area contributed by atoms with E-state index < -0.39 is 34.5 Å². The third-order valence-corrected chi connectivity index (χ3v) is 2.67. The smallest absolute Gasteiger partial charge is 0.340 e. The van der Waals surface area contributed by atoms with Crippen LogP contribution >= 0.6 is 0 Å². The summed E-state index contributed by atoms with van der Waals surface area (Å²) in [5.74, 6) is -2.96. The summed E-state index contributed by atoms with van der Waals surface area (Å²) in [5.41, 5.74) is -0.729. The maximum absolute atomic E-state index is 12.2. The van der Waals surface area contributed by atoms with E-state index in [1.807, 2.05) is 0 Å². The van der Waals surface area contributed by atoms with Gasteiger partial charge in [0.1, 0.15) is 5.56 Å². The van der Waals surface area contributed by atoms with Crippen molar-refractivity contribution in [2.24, 2.45) is 0 Å². The first-order valence-corrected chi connectivity index (χ1v) is 6.79. The second-order valence-corrected chi connectivity index (χ2v) is 4.18. The summed E-state index contributed by atoms with van der Waals surface area (Å²) in [6, 6.07) is 3.47. The van der Waals surface area contributed by atoms with Gasteiger partial charge in [0.2, 0.25) is 6.04 Å². The molecule has 1 N–H and O–H groups in total. The second kappa shape index (κ2) is 8.47. The number of amides is 1. The van der Waals surface area contributed by atoms with Crippen LogP contribution in [0.15, 0.2) is 24.3 Å². The van der Waals surface area contributed by atoms with Gasteiger partial charge < -0.3 is 14.8 Å². The summed E-state index contributed by atoms with van der Waals surface area (Å²) in [6.07, 6.45) is 0. The zero-order valence-electron chi connectivity index (χ0n) is 12.6. The van der Waals surface area contributed by atoms with Crippen molar-refractivity contribution in [2.75, 3.05) is 13.2 Å². The van der Waals surface area contributed by atoms with Gasteiger partial charge in [-0.15, -0.1) is 0 Å². The van der Waals surface area contributed by atoms with Crippen molar-refractivity contribution in [3.8, 4) is 0 Å². The first-order valence-electron chi connectivity index (χ1n) is 6.79. The van der Waals surface area contributed by atoms with Crippen molar-refractivity contribution in [3.05, 3.63) is 39.9 Å². The summed E-state index contributed by atoms with van der Waals surface area (Å²) < 4.78 is 9.40. The van der Waals surface area contributed by atoms with E-state index in [1.165, 1.54) is 32.0 Å². The molecule has 1 amide bonds. The third kappa shape index (κ3) is 4.77. The minimum atomic E-state index is -1.69. The molecule has 0 atom stereocenters. The number of ether oxygens (including phenoxy) is 2. The van der Waals surface area contributed by atoms with Crippen LogP contribution in [-0.2, 0) is 19.1 Å². The number of carbonyl (C=O) groups excluding carboxylic acids is 3. The van der Waals surface area contributed by atoms with E-state index in [0.717, 1.165) is 6.07 Å². The first-order chi connectivity index (χ1) is 10.9. The van der Waals surface area contributed by atoms with Crippen LogP contribution in [0.1, 0.15) is 24.2 Å². The highest BCUT2D eigenvalue weighted by Crippen LogP contribution is 2.17. The molecule has 0 radical (unpaired) electrons. The molecule has 0 aromatic heterocycles. The molecule has 23 heavy (non-hydrogen) atoms. The lowest BCUT2D eigenvalue weighted by atomic mass is 10.1. The van der Waals surface area contributed by atoms with Gasteiger partial charge >= 0.3 is 11.9 Å². The van der Waals surface area contributed by atoms with E-state index in [2.05, 4.69) is 5.32 Å². The molecule has 0 aliphatic rings. The van der Waals surface area contributed by atoms with Crippen LogP contribution in [0.25, 0.3) is 0 Å². The largest absolute Gasteiger partial charge is 0.464 e. The molecule has 124 valence electrons. The summed E-state index contributed by atoms with van der Waals surface area (Å²) in [4.78, 5) is 45.9. The van der Waals surface area contributed by atoms with Crippen LogP contribution in [-0.4, -0.2) is 42.0 Å². The molecule has 0 aliphatic heterocycles. The number of nitro benzene ring substituents is 1. The Morgan fingerprint density at radius 1 is 1.13 bits per heavy atom. The van der Waals surface area contributed by atoms with Crippen molar-refractivity contribution < 1.29 is 28.8 Å². The number of carbonyl (C=O) groups is 3. The second-order valence-electron chi connectivity index (χ2n) is 4.18. The molecule has 0 unspecified atom stereocenters. The SMILES string of the molecule is CCOC(=O)C(NC(=O)c1ccccc1[N+](=O)[O-])C(=O)OCC. The molecule has 9 nitrogen and oxygen atoms in total. The fourth-order valence-corrected chi connectivity index (χ4v) is 1.70. The highest BCUT2D eigenvalue weighted by Gasteiger charge is 2.33. The Morgan fingerprint density at radius 2 is 1.65 bits per heavy atom. The van der Waals surface area contributed by atoms with Gasteiger partial charge in [-0.05, 0) is 19.9 Å². The number of nitrogens with zero attached hydrogens (tertiary/aromatic N) is 1. The van der Waals surface area contributed by atoms with Crippen LogP contribution < -0.4 is 5.32 Å². The standard InChI is InChI=1S/C14H16N2O7/c1-3-22-13(18)11(14(19)23-4-2)15-12(17)9-7-5-6-8-10(9)16(20)21/h5-8,11H,3-4H2,1-2H3,(H,15,17). The van der Waals surface area contributed by atoms with Gasteiger partial charge in [-0.2, -0.15) is 0 Å². The Labute approximate surface area is 131 Å². The van der Waals surface area contributed by atoms with Crippen molar-refractivity contribution in [1.29, 1.82) is 0 Å². The predicted octanol–water partition coefficient (Wildman–Crippen LogP) is 0.819. The minimum absolute atomic E-state index is 0.00388. The van der Waals surface area contributed by atoms with Gasteiger partial charge in [0.15, 0.2) is 0 Å². The van der Waals surface area contributed by atoms with E-state index in [4.69, 9.17) is 9.47 Å². The average molecular weight is 324 g/mol. The summed E-state index contributed by atoms with van der Waals surface area (Å²) in [6.45, 7) is 3.06. The lowest BCUT2D eigenvalue weighted by Crippen LogP contribution is -2.48. The highest BCUT2D eigenvalue weighted by molar-refractivity contribution is 6.06. The van der Waals surface area contributed by atoms with Crippen LogP contribution in [0.5, 0.6) is 0 Å². The van der Waals surface area contributed by atoms with Crippen LogP contribution in [0.4, 0.5) is 5.69 Å². The number of hydrogen-bond donors (Lipinski definition) is 1. The normalized spacial score (nSPS) is 10.0. The molecule has 0 aliphatic carbocycles. The maximum atomic E-state index is 12.2. The fraction of sp³-hybridized carbons (Fsp3) is 0.357. The Bertz CT molecular complexity index is 597. The molecular weight excluding hydrogens is 308 g/mol. The van der Waals surface area contributed by atoms with Crippen molar-refractivity contribution in [2.45, 2.75) is 19.9 Å². The number of nitro groups is 1. The van der Waals surface area contributed by atoms with Gasteiger partial charge in [0.25, 0.3) is 11.6 Å². The zero-order valence-corrected chi connectivity index (χ0v) is 12.6. The molecule has 0 spiro atoms. The number of hydrogen-bond acceptors (Lipinski definition) is 7. The molecule has 1 rings (SSSR count). The van der Waals surface area contributed by atoms with Crippen molar-refractivity contribution in [1.82, 2.24) is 5.32 Å². The molecule has 9 heteroatoms. The van der Waals surface area contributed by atoms with Crippen LogP contribution in [0.2, 0.25) is 0 Å². The minimum Gasteiger partial charge on any atom is -0.464 e. The van der Waals surface area contributed by atoms with E-state index >= 15 is 0 Å². The number of esters is 2. The lowest BCUT2D eigenvalue weighted by molar-refractivity contribution is -0.385. The maximum Gasteiger partial charge on any atom is 0.340 e. The molecule has 0 heterocycles. The molecule has 1 aromatic carbocycles. The van der Waals surface area contributed by atoms with Crippen molar-refractivity contribution >= 4 is 23.5 Å². The topological polar surface area (TPSA) is 125 Å². The average Bonchev–Trinajstić information content (AvgIpc) is 2.52. The molecule has 1 aromatic rings. The summed E-state index contributed by atoms with van der Waals surface area (Å²) >= 11 is 0. The van der Waals surface area contributed by atoms with Crippen molar-refractivity contribution in [3.63, 3.8) is 0 Å². The van der Waals surface area contributed by atoms with Gasteiger partial charge in [-0.3, -0.25) is 14.9 Å². The molecule has 0 fully saturated rings. The van der Waals surface area contributed by atoms with E-state index in [0.29, 0.717) is 0 Å². The van der Waals surface area contributed by atoms with Gasteiger partial charge in [0.05, 0.1) is 18.1 Å².